The summed E-state index contributed by atoms with van der Waals surface area (Å²) in [6.07, 6.45) is 1.24. The first-order valence-corrected chi connectivity index (χ1v) is 6.32. The molecule has 7 nitrogen and oxygen atoms in total. The van der Waals surface area contributed by atoms with Gasteiger partial charge in [0.25, 0.3) is 11.6 Å². The molecule has 2 aromatic rings. The van der Waals surface area contributed by atoms with Gasteiger partial charge in [-0.15, -0.1) is 0 Å². The number of hydrogen-bond donors (Lipinski definition) is 1. The van der Waals surface area contributed by atoms with Crippen LogP contribution >= 0.6 is 0 Å². The van der Waals surface area contributed by atoms with Crippen molar-refractivity contribution in [2.45, 2.75) is 0 Å². The van der Waals surface area contributed by atoms with Crippen molar-refractivity contribution < 1.29 is 14.5 Å². The van der Waals surface area contributed by atoms with Crippen molar-refractivity contribution in [1.82, 2.24) is 5.43 Å². The summed E-state index contributed by atoms with van der Waals surface area (Å²) in [6, 6.07) is 12.6. The van der Waals surface area contributed by atoms with E-state index in [0.717, 1.165) is 0 Å². The average molecular weight is 299 g/mol. The number of amides is 1. The summed E-state index contributed by atoms with van der Waals surface area (Å²) in [5.41, 5.74) is 2.95. The number of carbonyl (C=O) groups is 1. The molecule has 112 valence electrons. The molecule has 0 saturated carbocycles. The second-order valence-electron chi connectivity index (χ2n) is 4.24. The molecule has 0 heterocycles. The van der Waals surface area contributed by atoms with Crippen LogP contribution in [0.25, 0.3) is 0 Å². The first-order valence-electron chi connectivity index (χ1n) is 6.32. The molecule has 2 aromatic carbocycles. The highest BCUT2D eigenvalue weighted by atomic mass is 16.6. The standard InChI is InChI=1S/C15H13N3O4/c1-22-13-8-6-11(7-9-13)15(19)17-16-10-12-4-2-3-5-14(12)18(20)21/h2-10H,1H3,(H,17,19). The van der Waals surface area contributed by atoms with Crippen LogP contribution in [0.3, 0.4) is 0 Å². The predicted molar refractivity (Wildman–Crippen MR) is 81.2 cm³/mol. The van der Waals surface area contributed by atoms with E-state index >= 15 is 0 Å². The molecule has 0 fully saturated rings. The van der Waals surface area contributed by atoms with Gasteiger partial charge in [0.05, 0.1) is 23.8 Å². The molecular weight excluding hydrogens is 286 g/mol. The van der Waals surface area contributed by atoms with Gasteiger partial charge in [0.2, 0.25) is 0 Å². The van der Waals surface area contributed by atoms with E-state index in [1.807, 2.05) is 0 Å². The second kappa shape index (κ2) is 6.98. The lowest BCUT2D eigenvalue weighted by Gasteiger charge is -2.02. The van der Waals surface area contributed by atoms with Gasteiger partial charge in [-0.2, -0.15) is 5.10 Å². The Bertz CT molecular complexity index is 711. The van der Waals surface area contributed by atoms with Crippen LogP contribution in [0.5, 0.6) is 5.75 Å². The fourth-order valence-corrected chi connectivity index (χ4v) is 1.73. The number of nitro benzene ring substituents is 1. The number of nitrogens with zero attached hydrogens (tertiary/aromatic N) is 2. The predicted octanol–water partition coefficient (Wildman–Crippen LogP) is 2.37. The number of para-hydroxylation sites is 1. The molecule has 0 bridgehead atoms. The maximum absolute atomic E-state index is 11.9. The van der Waals surface area contributed by atoms with Gasteiger partial charge in [0.15, 0.2) is 0 Å². The van der Waals surface area contributed by atoms with Gasteiger partial charge < -0.3 is 4.74 Å². The van der Waals surface area contributed by atoms with Crippen molar-refractivity contribution in [1.29, 1.82) is 0 Å². The molecule has 0 aliphatic rings. The molecule has 0 aromatic heterocycles. The molecule has 0 aliphatic carbocycles. The van der Waals surface area contributed by atoms with E-state index < -0.39 is 10.8 Å². The third-order valence-corrected chi connectivity index (χ3v) is 2.86. The minimum atomic E-state index is -0.507. The van der Waals surface area contributed by atoms with E-state index in [0.29, 0.717) is 16.9 Å². The molecule has 1 N–H and O–H groups in total. The van der Waals surface area contributed by atoms with Crippen LogP contribution < -0.4 is 10.2 Å². The molecule has 2 rings (SSSR count). The van der Waals surface area contributed by atoms with Crippen molar-refractivity contribution >= 4 is 17.8 Å². The van der Waals surface area contributed by atoms with E-state index in [9.17, 15) is 14.9 Å². The fourth-order valence-electron chi connectivity index (χ4n) is 1.73. The SMILES string of the molecule is COc1ccc(C(=O)NN=Cc2ccccc2[N+](=O)[O-])cc1. The lowest BCUT2D eigenvalue weighted by molar-refractivity contribution is -0.385. The van der Waals surface area contributed by atoms with E-state index in [4.69, 9.17) is 4.74 Å². The fraction of sp³-hybridized carbons (Fsp3) is 0.0667. The number of ether oxygens (including phenoxy) is 1. The molecule has 7 heteroatoms. The number of benzene rings is 2. The van der Waals surface area contributed by atoms with Crippen molar-refractivity contribution in [3.8, 4) is 5.75 Å². The zero-order valence-electron chi connectivity index (χ0n) is 11.7. The second-order valence-corrected chi connectivity index (χ2v) is 4.24. The maximum atomic E-state index is 11.9. The average Bonchev–Trinajstić information content (AvgIpc) is 2.55. The third kappa shape index (κ3) is 3.66. The van der Waals surface area contributed by atoms with Crippen molar-refractivity contribution in [2.75, 3.05) is 7.11 Å². The van der Waals surface area contributed by atoms with Gasteiger partial charge in [-0.05, 0) is 30.3 Å². The molecule has 0 spiro atoms. The zero-order valence-corrected chi connectivity index (χ0v) is 11.7. The topological polar surface area (TPSA) is 93.8 Å². The zero-order chi connectivity index (χ0) is 15.9. The van der Waals surface area contributed by atoms with Crippen molar-refractivity contribution in [3.63, 3.8) is 0 Å². The first-order chi connectivity index (χ1) is 10.6. The Balaban J connectivity index is 2.05. The van der Waals surface area contributed by atoms with Crippen LogP contribution in [0.2, 0.25) is 0 Å². The highest BCUT2D eigenvalue weighted by Gasteiger charge is 2.10. The van der Waals surface area contributed by atoms with E-state index in [1.54, 1.807) is 42.5 Å². The van der Waals surface area contributed by atoms with Crippen LogP contribution in [-0.4, -0.2) is 24.2 Å². The normalized spacial score (nSPS) is 10.4. The Morgan fingerprint density at radius 3 is 2.55 bits per heavy atom. The monoisotopic (exact) mass is 299 g/mol. The van der Waals surface area contributed by atoms with E-state index in [-0.39, 0.29) is 5.69 Å². The summed E-state index contributed by atoms with van der Waals surface area (Å²) in [4.78, 5) is 22.2. The Morgan fingerprint density at radius 2 is 1.91 bits per heavy atom. The Labute approximate surface area is 126 Å². The van der Waals surface area contributed by atoms with Crippen LogP contribution in [0.15, 0.2) is 53.6 Å². The summed E-state index contributed by atoms with van der Waals surface area (Å²) in [5, 5.41) is 14.6. The summed E-state index contributed by atoms with van der Waals surface area (Å²) in [5.74, 6) is 0.220. The number of nitrogens with one attached hydrogen (secondary N) is 1. The molecule has 0 radical (unpaired) electrons. The Kier molecular flexibility index (Phi) is 4.81. The third-order valence-electron chi connectivity index (χ3n) is 2.86. The van der Waals surface area contributed by atoms with Crippen molar-refractivity contribution in [3.05, 3.63) is 69.8 Å². The first kappa shape index (κ1) is 15.2. The maximum Gasteiger partial charge on any atom is 0.278 e. The number of hydrogen-bond acceptors (Lipinski definition) is 5. The minimum absolute atomic E-state index is 0.0788. The smallest absolute Gasteiger partial charge is 0.278 e. The molecular formula is C15H13N3O4. The van der Waals surface area contributed by atoms with E-state index in [2.05, 4.69) is 10.5 Å². The molecule has 0 atom stereocenters. The summed E-state index contributed by atoms with van der Waals surface area (Å²) >= 11 is 0. The number of carbonyl (C=O) groups excluding carboxylic acids is 1. The Morgan fingerprint density at radius 1 is 1.23 bits per heavy atom. The number of nitro groups is 1. The van der Waals surface area contributed by atoms with E-state index in [1.165, 1.54) is 19.4 Å². The summed E-state index contributed by atoms with van der Waals surface area (Å²) in [7, 11) is 1.53. The van der Waals surface area contributed by atoms with Gasteiger partial charge in [-0.25, -0.2) is 5.43 Å². The summed E-state index contributed by atoms with van der Waals surface area (Å²) < 4.78 is 5.00. The van der Waals surface area contributed by atoms with Crippen LogP contribution in [-0.2, 0) is 0 Å². The number of methoxy groups -OCH3 is 1. The molecule has 0 unspecified atom stereocenters. The van der Waals surface area contributed by atoms with Crippen LogP contribution in [0.1, 0.15) is 15.9 Å². The van der Waals surface area contributed by atoms with Gasteiger partial charge in [-0.1, -0.05) is 12.1 Å². The van der Waals surface area contributed by atoms with Crippen molar-refractivity contribution in [2.24, 2.45) is 5.10 Å². The molecule has 0 saturated heterocycles. The molecule has 0 aliphatic heterocycles. The van der Waals surface area contributed by atoms with Gasteiger partial charge in [0, 0.05) is 11.6 Å². The number of hydrazone groups is 1. The lowest BCUT2D eigenvalue weighted by atomic mass is 10.2. The largest absolute Gasteiger partial charge is 0.497 e. The van der Waals surface area contributed by atoms with Crippen LogP contribution in [0, 0.1) is 10.1 Å². The lowest BCUT2D eigenvalue weighted by Crippen LogP contribution is -2.17. The quantitative estimate of drug-likeness (QED) is 0.521. The van der Waals surface area contributed by atoms with Gasteiger partial charge in [-0.3, -0.25) is 14.9 Å². The Hall–Kier alpha value is -3.22. The summed E-state index contributed by atoms with van der Waals surface area (Å²) in [6.45, 7) is 0. The minimum Gasteiger partial charge on any atom is -0.497 e. The van der Waals surface area contributed by atoms with Gasteiger partial charge >= 0.3 is 0 Å². The highest BCUT2D eigenvalue weighted by molar-refractivity contribution is 5.95. The molecule has 22 heavy (non-hydrogen) atoms. The van der Waals surface area contributed by atoms with Gasteiger partial charge in [0.1, 0.15) is 5.75 Å². The molecule has 1 amide bonds. The highest BCUT2D eigenvalue weighted by Crippen LogP contribution is 2.15. The number of rotatable bonds is 5. The van der Waals surface area contributed by atoms with Crippen LogP contribution in [0.4, 0.5) is 5.69 Å².